The number of nitrogens with zero attached hydrogens (tertiary/aromatic N) is 4. The van der Waals surface area contributed by atoms with Crippen molar-refractivity contribution in [1.29, 1.82) is 0 Å². The Morgan fingerprint density at radius 2 is 1.91 bits per heavy atom. The van der Waals surface area contributed by atoms with Gasteiger partial charge < -0.3 is 14.0 Å². The Balaban J connectivity index is 1.33. The fourth-order valence-electron chi connectivity index (χ4n) is 4.21. The molecule has 180 valence electrons. The number of halogens is 1. The summed E-state index contributed by atoms with van der Waals surface area (Å²) in [5.41, 5.74) is 2.85. The average Bonchev–Trinajstić information content (AvgIpc) is 3.51. The fourth-order valence-corrected chi connectivity index (χ4v) is 4.21. The van der Waals surface area contributed by atoms with E-state index in [-0.39, 0.29) is 5.97 Å². The van der Waals surface area contributed by atoms with Gasteiger partial charge in [-0.05, 0) is 36.2 Å². The molecule has 2 aromatic heterocycles. The summed E-state index contributed by atoms with van der Waals surface area (Å²) >= 11 is 0. The minimum absolute atomic E-state index is 0.292. The fraction of sp³-hybridized carbons (Fsp3) is 0.308. The number of carbonyl (C=O) groups is 1. The Hall–Kier alpha value is -3.85. The first kappa shape index (κ1) is 22.9. The van der Waals surface area contributed by atoms with Crippen molar-refractivity contribution < 1.29 is 23.2 Å². The molecule has 0 amide bonds. The van der Waals surface area contributed by atoms with Crippen molar-refractivity contribution in [3.05, 3.63) is 77.0 Å². The summed E-state index contributed by atoms with van der Waals surface area (Å²) in [5.74, 6) is 0.315. The lowest BCUT2D eigenvalue weighted by Gasteiger charge is -2.29. The SMILES string of the molecule is COC(=O)c1cccc(Cn2nc(-c3nc(-c4ccc(C5(F)CCOCC5)cc4)no3)cc2C)c1. The molecular weight excluding hydrogens is 451 g/mol. The number of methoxy groups -OCH3 is 1. The van der Waals surface area contributed by atoms with Gasteiger partial charge in [0, 0.05) is 37.3 Å². The summed E-state index contributed by atoms with van der Waals surface area (Å²) in [6.07, 6.45) is 0.710. The summed E-state index contributed by atoms with van der Waals surface area (Å²) < 4.78 is 32.5. The Bertz CT molecular complexity index is 1340. The zero-order valence-electron chi connectivity index (χ0n) is 19.5. The number of esters is 1. The molecule has 0 atom stereocenters. The predicted octanol–water partition coefficient (Wildman–Crippen LogP) is 4.72. The predicted molar refractivity (Wildman–Crippen MR) is 125 cm³/mol. The quantitative estimate of drug-likeness (QED) is 0.372. The second kappa shape index (κ2) is 9.42. The van der Waals surface area contributed by atoms with Crippen LogP contribution in [0.3, 0.4) is 0 Å². The number of hydrogen-bond donors (Lipinski definition) is 0. The van der Waals surface area contributed by atoms with Crippen molar-refractivity contribution >= 4 is 5.97 Å². The molecule has 0 N–H and O–H groups in total. The highest BCUT2D eigenvalue weighted by Crippen LogP contribution is 2.37. The highest BCUT2D eigenvalue weighted by atomic mass is 19.1. The molecule has 4 aromatic rings. The smallest absolute Gasteiger partial charge is 0.337 e. The van der Waals surface area contributed by atoms with Gasteiger partial charge in [-0.1, -0.05) is 41.6 Å². The lowest BCUT2D eigenvalue weighted by atomic mass is 9.88. The molecule has 1 aliphatic rings. The van der Waals surface area contributed by atoms with E-state index in [0.717, 1.165) is 16.8 Å². The van der Waals surface area contributed by atoms with Crippen molar-refractivity contribution in [2.45, 2.75) is 32.0 Å². The van der Waals surface area contributed by atoms with Crippen LogP contribution in [0.25, 0.3) is 23.0 Å². The molecule has 0 aliphatic carbocycles. The minimum Gasteiger partial charge on any atom is -0.465 e. The van der Waals surface area contributed by atoms with E-state index >= 15 is 4.39 Å². The zero-order valence-corrected chi connectivity index (χ0v) is 19.5. The number of alkyl halides is 1. The second-order valence-corrected chi connectivity index (χ2v) is 8.60. The van der Waals surface area contributed by atoms with Crippen LogP contribution in [0.1, 0.15) is 40.0 Å². The summed E-state index contributed by atoms with van der Waals surface area (Å²) in [6, 6.07) is 16.2. The molecule has 5 rings (SSSR count). The topological polar surface area (TPSA) is 92.3 Å². The Morgan fingerprint density at radius 1 is 1.14 bits per heavy atom. The summed E-state index contributed by atoms with van der Waals surface area (Å²) in [5, 5.41) is 8.69. The number of aryl methyl sites for hydroxylation is 1. The Kier molecular flexibility index (Phi) is 6.17. The van der Waals surface area contributed by atoms with Gasteiger partial charge in [-0.2, -0.15) is 10.1 Å². The van der Waals surface area contributed by atoms with Crippen LogP contribution in [0.5, 0.6) is 0 Å². The van der Waals surface area contributed by atoms with Crippen LogP contribution in [0.4, 0.5) is 4.39 Å². The van der Waals surface area contributed by atoms with E-state index in [1.807, 2.05) is 25.1 Å². The van der Waals surface area contributed by atoms with E-state index in [9.17, 15) is 4.79 Å². The third kappa shape index (κ3) is 4.72. The third-order valence-electron chi connectivity index (χ3n) is 6.25. The zero-order chi connectivity index (χ0) is 24.4. The molecule has 1 saturated heterocycles. The van der Waals surface area contributed by atoms with Crippen molar-refractivity contribution in [2.75, 3.05) is 20.3 Å². The molecule has 0 unspecified atom stereocenters. The minimum atomic E-state index is -1.36. The van der Waals surface area contributed by atoms with Crippen LogP contribution in [-0.2, 0) is 21.7 Å². The summed E-state index contributed by atoms with van der Waals surface area (Å²) in [6.45, 7) is 3.25. The maximum Gasteiger partial charge on any atom is 0.337 e. The molecule has 9 heteroatoms. The standard InChI is InChI=1S/C26H25FN4O4/c1-17-14-22(29-31(17)16-18-4-3-5-20(15-18)25(32)33-2)24-28-23(30-35-24)19-6-8-21(9-7-19)26(27)10-12-34-13-11-26/h3-9,14-15H,10-13,16H2,1-2H3. The van der Waals surface area contributed by atoms with E-state index in [2.05, 4.69) is 15.2 Å². The van der Waals surface area contributed by atoms with E-state index in [4.69, 9.17) is 14.0 Å². The maximum absolute atomic E-state index is 15.2. The molecule has 0 spiro atoms. The van der Waals surface area contributed by atoms with Crippen LogP contribution >= 0.6 is 0 Å². The first-order chi connectivity index (χ1) is 16.9. The van der Waals surface area contributed by atoms with Gasteiger partial charge in [0.05, 0.1) is 19.2 Å². The van der Waals surface area contributed by atoms with Crippen molar-refractivity contribution in [1.82, 2.24) is 19.9 Å². The Morgan fingerprint density at radius 3 is 2.66 bits per heavy atom. The van der Waals surface area contributed by atoms with E-state index in [1.54, 1.807) is 41.1 Å². The molecule has 0 radical (unpaired) electrons. The van der Waals surface area contributed by atoms with Crippen LogP contribution in [-0.4, -0.2) is 46.2 Å². The third-order valence-corrected chi connectivity index (χ3v) is 6.25. The molecule has 3 heterocycles. The van der Waals surface area contributed by atoms with Gasteiger partial charge in [0.1, 0.15) is 5.67 Å². The van der Waals surface area contributed by atoms with E-state index < -0.39 is 5.67 Å². The van der Waals surface area contributed by atoms with Gasteiger partial charge in [-0.25, -0.2) is 9.18 Å². The number of carbonyl (C=O) groups excluding carboxylic acids is 1. The van der Waals surface area contributed by atoms with Gasteiger partial charge in [0.15, 0.2) is 5.69 Å². The number of hydrogen-bond acceptors (Lipinski definition) is 7. The normalized spacial score (nSPS) is 15.2. The molecule has 1 aliphatic heterocycles. The van der Waals surface area contributed by atoms with Gasteiger partial charge in [0.2, 0.25) is 5.82 Å². The van der Waals surface area contributed by atoms with Crippen molar-refractivity contribution in [2.24, 2.45) is 0 Å². The van der Waals surface area contributed by atoms with Gasteiger partial charge in [-0.3, -0.25) is 4.68 Å². The highest BCUT2D eigenvalue weighted by Gasteiger charge is 2.34. The van der Waals surface area contributed by atoms with Crippen molar-refractivity contribution in [3.63, 3.8) is 0 Å². The van der Waals surface area contributed by atoms with Crippen LogP contribution in [0, 0.1) is 6.92 Å². The highest BCUT2D eigenvalue weighted by molar-refractivity contribution is 5.89. The molecule has 8 nitrogen and oxygen atoms in total. The number of ether oxygens (including phenoxy) is 2. The lowest BCUT2D eigenvalue weighted by Crippen LogP contribution is -2.29. The van der Waals surface area contributed by atoms with Gasteiger partial charge >= 0.3 is 5.97 Å². The number of rotatable bonds is 6. The monoisotopic (exact) mass is 476 g/mol. The average molecular weight is 477 g/mol. The second-order valence-electron chi connectivity index (χ2n) is 8.60. The van der Waals surface area contributed by atoms with Crippen molar-refractivity contribution in [3.8, 4) is 23.0 Å². The number of aromatic nitrogens is 4. The van der Waals surface area contributed by atoms with Gasteiger partial charge in [-0.15, -0.1) is 0 Å². The first-order valence-corrected chi connectivity index (χ1v) is 11.4. The first-order valence-electron chi connectivity index (χ1n) is 11.4. The molecule has 35 heavy (non-hydrogen) atoms. The lowest BCUT2D eigenvalue weighted by molar-refractivity contribution is -0.0114. The maximum atomic E-state index is 15.2. The van der Waals surface area contributed by atoms with E-state index in [1.165, 1.54) is 7.11 Å². The molecule has 1 fully saturated rings. The van der Waals surface area contributed by atoms with Gasteiger partial charge in [0.25, 0.3) is 5.89 Å². The summed E-state index contributed by atoms with van der Waals surface area (Å²) in [4.78, 5) is 16.3. The molecular formula is C26H25FN4O4. The number of benzene rings is 2. The van der Waals surface area contributed by atoms with Crippen LogP contribution in [0.2, 0.25) is 0 Å². The summed E-state index contributed by atoms with van der Waals surface area (Å²) in [7, 11) is 1.36. The Labute approximate surface area is 201 Å². The molecule has 0 bridgehead atoms. The van der Waals surface area contributed by atoms with Crippen LogP contribution < -0.4 is 0 Å². The largest absolute Gasteiger partial charge is 0.465 e. The molecule has 0 saturated carbocycles. The molecule has 2 aromatic carbocycles. The van der Waals surface area contributed by atoms with Crippen LogP contribution in [0.15, 0.2) is 59.1 Å². The van der Waals surface area contributed by atoms with E-state index in [0.29, 0.717) is 61.1 Å².